The number of unbranched alkanes of at least 4 members (excludes halogenated alkanes) is 6. The highest BCUT2D eigenvalue weighted by atomic mass is 32.2. The van der Waals surface area contributed by atoms with Gasteiger partial charge in [0.25, 0.3) is 0 Å². The molecule has 1 N–H and O–H groups in total. The summed E-state index contributed by atoms with van der Waals surface area (Å²) in [5.74, 6) is 0.266. The number of hydrogen-bond donors (Lipinski definition) is 1. The SMILES string of the molecule is CCCC/C=C/C=O.CCCCC1CC(=O)c2ccccc2S1.CCCCC=O.CCCCc1sc2ccccc2c(=O)c1O. The standard InChI is InChI=1S/C13H14O2S.C13H16OS.C7H12O.C5H10O/c1-2-3-7-11-13(15)12(14)9-6-4-5-8-10(9)16-11;1-2-3-6-10-9-12(14)11-7-4-5-8-13(11)15-10;1-2-3-4-5-6-7-8;1-2-3-4-5-6/h4-6,8,15H,2-3,7H2,1H3;4-5,7-8,10H,2-3,6,9H2,1H3;5-7H,2-4H2,1H3;5H,2-4H2,1H3/b;;6-5+;. The van der Waals surface area contributed by atoms with Gasteiger partial charge in [-0.25, -0.2) is 0 Å². The number of thioether (sulfide) groups is 1. The lowest BCUT2D eigenvalue weighted by Gasteiger charge is -2.22. The van der Waals surface area contributed by atoms with Gasteiger partial charge in [0.1, 0.15) is 12.6 Å². The van der Waals surface area contributed by atoms with E-state index in [0.29, 0.717) is 16.4 Å². The molecular weight excluding hydrogens is 601 g/mol. The Morgan fingerprint density at radius 2 is 1.47 bits per heavy atom. The van der Waals surface area contributed by atoms with E-state index in [0.717, 1.165) is 79.1 Å². The van der Waals surface area contributed by atoms with Crippen LogP contribution < -0.4 is 5.43 Å². The summed E-state index contributed by atoms with van der Waals surface area (Å²) < 4.78 is 0.955. The Morgan fingerprint density at radius 3 is 2.11 bits per heavy atom. The number of carbonyl (C=O) groups excluding carboxylic acids is 3. The van der Waals surface area contributed by atoms with E-state index >= 15 is 0 Å². The van der Waals surface area contributed by atoms with Crippen LogP contribution in [-0.4, -0.2) is 28.7 Å². The molecule has 0 bridgehead atoms. The Hall–Kier alpha value is -3.03. The van der Waals surface area contributed by atoms with Gasteiger partial charge in [-0.15, -0.1) is 23.1 Å². The van der Waals surface area contributed by atoms with Crippen molar-refractivity contribution in [3.8, 4) is 5.75 Å². The van der Waals surface area contributed by atoms with Gasteiger partial charge in [-0.1, -0.05) is 103 Å². The van der Waals surface area contributed by atoms with Crippen LogP contribution in [-0.2, 0) is 16.0 Å². The number of ketones is 1. The third kappa shape index (κ3) is 15.7. The first kappa shape index (κ1) is 40.0. The number of aryl methyl sites for hydroxylation is 1. The van der Waals surface area contributed by atoms with E-state index in [2.05, 4.69) is 33.8 Å². The molecule has 1 aliphatic rings. The second kappa shape index (κ2) is 25.2. The number of carbonyl (C=O) groups is 3. The molecule has 1 unspecified atom stereocenters. The Morgan fingerprint density at radius 1 is 0.822 bits per heavy atom. The number of aldehydes is 2. The zero-order valence-corrected chi connectivity index (χ0v) is 29.2. The first-order chi connectivity index (χ1) is 21.9. The van der Waals surface area contributed by atoms with Crippen molar-refractivity contribution in [3.63, 3.8) is 0 Å². The molecule has 1 atom stereocenters. The number of hydrogen-bond acceptors (Lipinski definition) is 7. The van der Waals surface area contributed by atoms with Gasteiger partial charge in [0.05, 0.1) is 4.88 Å². The Kier molecular flexibility index (Phi) is 22.4. The maximum absolute atomic E-state index is 11.9. The zero-order valence-electron chi connectivity index (χ0n) is 27.6. The minimum absolute atomic E-state index is 0.0582. The summed E-state index contributed by atoms with van der Waals surface area (Å²) in [4.78, 5) is 44.9. The fourth-order valence-electron chi connectivity index (χ4n) is 4.38. The van der Waals surface area contributed by atoms with Gasteiger partial charge in [-0.05, 0) is 56.4 Å². The van der Waals surface area contributed by atoms with E-state index in [4.69, 9.17) is 0 Å². The van der Waals surface area contributed by atoms with E-state index in [1.165, 1.54) is 48.3 Å². The van der Waals surface area contributed by atoms with Crippen molar-refractivity contribution in [2.24, 2.45) is 0 Å². The fourth-order valence-corrected chi connectivity index (χ4v) is 6.84. The molecule has 0 amide bonds. The fraction of sp³-hybridized carbons (Fsp3) is 0.474. The van der Waals surface area contributed by atoms with Crippen LogP contribution in [0.2, 0.25) is 0 Å². The highest BCUT2D eigenvalue weighted by Gasteiger charge is 2.24. The third-order valence-corrected chi connectivity index (χ3v) is 9.56. The van der Waals surface area contributed by atoms with Crippen LogP contribution in [0.15, 0.2) is 70.4 Å². The summed E-state index contributed by atoms with van der Waals surface area (Å²) in [5.41, 5.74) is 0.690. The van der Waals surface area contributed by atoms with Crippen LogP contribution >= 0.6 is 23.1 Å². The number of allylic oxidation sites excluding steroid dienone is 2. The van der Waals surface area contributed by atoms with Crippen LogP contribution in [0.5, 0.6) is 5.75 Å². The number of fused-ring (bicyclic) bond motifs is 2. The van der Waals surface area contributed by atoms with Crippen LogP contribution in [0.3, 0.4) is 0 Å². The third-order valence-electron chi connectivity index (χ3n) is 6.99. The molecular formula is C38H52O5S2. The average molecular weight is 653 g/mol. The van der Waals surface area contributed by atoms with E-state index < -0.39 is 0 Å². The Labute approximate surface area is 278 Å². The molecule has 0 radical (unpaired) electrons. The quantitative estimate of drug-likeness (QED) is 0.112. The Bertz CT molecular complexity index is 1360. The van der Waals surface area contributed by atoms with Gasteiger partial charge < -0.3 is 9.90 Å². The highest BCUT2D eigenvalue weighted by molar-refractivity contribution is 8.00. The molecule has 2 aromatic carbocycles. The summed E-state index contributed by atoms with van der Waals surface area (Å²) in [6.45, 7) is 8.50. The second-order valence-corrected chi connectivity index (χ2v) is 13.3. The van der Waals surface area contributed by atoms with Crippen LogP contribution in [0.4, 0.5) is 0 Å². The molecule has 0 fully saturated rings. The molecule has 3 aromatic rings. The first-order valence-electron chi connectivity index (χ1n) is 16.4. The molecule has 0 saturated heterocycles. The first-order valence-corrected chi connectivity index (χ1v) is 18.1. The van der Waals surface area contributed by atoms with E-state index in [1.54, 1.807) is 12.1 Å². The number of Topliss-reactive ketones (excluding diaryl/α,β-unsaturated/α-hetero) is 1. The van der Waals surface area contributed by atoms with Crippen LogP contribution in [0.25, 0.3) is 10.1 Å². The van der Waals surface area contributed by atoms with Crippen molar-refractivity contribution in [1.82, 2.24) is 0 Å². The molecule has 1 aliphatic heterocycles. The predicted octanol–water partition coefficient (Wildman–Crippen LogP) is 10.5. The van der Waals surface area contributed by atoms with Gasteiger partial charge in [-0.3, -0.25) is 14.4 Å². The van der Waals surface area contributed by atoms with E-state index in [9.17, 15) is 24.3 Å². The maximum Gasteiger partial charge on any atom is 0.229 e. The summed E-state index contributed by atoms with van der Waals surface area (Å²) in [6.07, 6.45) is 18.7. The summed E-state index contributed by atoms with van der Waals surface area (Å²) in [6, 6.07) is 15.4. The number of rotatable bonds is 13. The lowest BCUT2D eigenvalue weighted by molar-refractivity contribution is -0.108. The maximum atomic E-state index is 11.9. The largest absolute Gasteiger partial charge is 0.503 e. The van der Waals surface area contributed by atoms with Crippen LogP contribution in [0, 0.1) is 0 Å². The molecule has 0 saturated carbocycles. The molecule has 2 heterocycles. The van der Waals surface area contributed by atoms with Crippen molar-refractivity contribution < 1.29 is 19.5 Å². The Balaban J connectivity index is 0.000000323. The second-order valence-electron chi connectivity index (χ2n) is 10.8. The predicted molar refractivity (Wildman–Crippen MR) is 193 cm³/mol. The van der Waals surface area contributed by atoms with E-state index in [1.807, 2.05) is 54.2 Å². The molecule has 246 valence electrons. The van der Waals surface area contributed by atoms with Crippen molar-refractivity contribution in [2.75, 3.05) is 0 Å². The van der Waals surface area contributed by atoms with Crippen molar-refractivity contribution in [2.45, 2.75) is 121 Å². The van der Waals surface area contributed by atoms with Crippen molar-refractivity contribution in [3.05, 3.63) is 81.3 Å². The lowest BCUT2D eigenvalue weighted by Crippen LogP contribution is -2.17. The van der Waals surface area contributed by atoms with Crippen molar-refractivity contribution in [1.29, 1.82) is 0 Å². The summed E-state index contributed by atoms with van der Waals surface area (Å²) >= 11 is 3.40. The van der Waals surface area contributed by atoms with Gasteiger partial charge in [0, 0.05) is 38.6 Å². The number of benzene rings is 2. The molecule has 0 spiro atoms. The van der Waals surface area contributed by atoms with Gasteiger partial charge in [-0.2, -0.15) is 0 Å². The molecule has 5 nitrogen and oxygen atoms in total. The molecule has 4 rings (SSSR count). The molecule has 1 aromatic heterocycles. The zero-order chi connectivity index (χ0) is 33.3. The van der Waals surface area contributed by atoms with Crippen LogP contribution in [0.1, 0.15) is 120 Å². The lowest BCUT2D eigenvalue weighted by atomic mass is 10.0. The number of aromatic hydroxyl groups is 1. The van der Waals surface area contributed by atoms with Gasteiger partial charge in [0.2, 0.25) is 5.43 Å². The van der Waals surface area contributed by atoms with E-state index in [-0.39, 0.29) is 11.2 Å². The molecule has 45 heavy (non-hydrogen) atoms. The monoisotopic (exact) mass is 652 g/mol. The average Bonchev–Trinajstić information content (AvgIpc) is 3.07. The highest BCUT2D eigenvalue weighted by Crippen LogP contribution is 2.37. The normalized spacial score (nSPS) is 13.4. The summed E-state index contributed by atoms with van der Waals surface area (Å²) in [5, 5.41) is 10.9. The van der Waals surface area contributed by atoms with Gasteiger partial charge in [0.15, 0.2) is 11.5 Å². The minimum atomic E-state index is -0.236. The molecule has 7 heteroatoms. The minimum Gasteiger partial charge on any atom is -0.503 e. The smallest absolute Gasteiger partial charge is 0.229 e. The topological polar surface area (TPSA) is 88.5 Å². The molecule has 0 aliphatic carbocycles. The van der Waals surface area contributed by atoms with Gasteiger partial charge >= 0.3 is 0 Å². The summed E-state index contributed by atoms with van der Waals surface area (Å²) in [7, 11) is 0. The van der Waals surface area contributed by atoms with Crippen molar-refractivity contribution >= 4 is 51.5 Å².